The van der Waals surface area contributed by atoms with Crippen molar-refractivity contribution in [1.29, 1.82) is 0 Å². The molecule has 2 aromatic carbocycles. The van der Waals surface area contributed by atoms with E-state index < -0.39 is 0 Å². The zero-order valence-electron chi connectivity index (χ0n) is 12.5. The Balaban J connectivity index is 1.82. The summed E-state index contributed by atoms with van der Waals surface area (Å²) in [7, 11) is 0. The van der Waals surface area contributed by atoms with Gasteiger partial charge in [-0.1, -0.05) is 24.3 Å². The van der Waals surface area contributed by atoms with Crippen LogP contribution in [0.25, 0.3) is 0 Å². The number of hydrogen-bond donors (Lipinski definition) is 1. The number of anilines is 2. The smallest absolute Gasteiger partial charge is 0.265 e. The molecule has 23 heavy (non-hydrogen) atoms. The van der Waals surface area contributed by atoms with Crippen molar-refractivity contribution in [3.8, 4) is 5.75 Å². The van der Waals surface area contributed by atoms with Crippen LogP contribution in [0.3, 0.4) is 0 Å². The molecule has 0 bridgehead atoms. The summed E-state index contributed by atoms with van der Waals surface area (Å²) in [5.74, 6) is 0.260. The third-order valence-corrected chi connectivity index (χ3v) is 3.51. The second kappa shape index (κ2) is 6.36. The van der Waals surface area contributed by atoms with E-state index in [0.717, 1.165) is 0 Å². The van der Waals surface area contributed by atoms with Crippen LogP contribution in [0.2, 0.25) is 0 Å². The Morgan fingerprint density at radius 2 is 2.04 bits per heavy atom. The number of nitrogens with one attached hydrogen (secondary N) is 1. The first-order valence-corrected chi connectivity index (χ1v) is 7.23. The second-order valence-corrected chi connectivity index (χ2v) is 5.08. The van der Waals surface area contributed by atoms with Gasteiger partial charge in [0.05, 0.1) is 5.69 Å². The average Bonchev–Trinajstić information content (AvgIpc) is 2.58. The maximum atomic E-state index is 12.2. The average molecular weight is 308 g/mol. The number of carbonyl (C=O) groups excluding carboxylic acids is 2. The van der Waals surface area contributed by atoms with Gasteiger partial charge in [0.25, 0.3) is 11.8 Å². The van der Waals surface area contributed by atoms with Gasteiger partial charge in [-0.3, -0.25) is 9.59 Å². The molecule has 0 fully saturated rings. The zero-order chi connectivity index (χ0) is 16.2. The van der Waals surface area contributed by atoms with Gasteiger partial charge in [-0.15, -0.1) is 6.58 Å². The zero-order valence-corrected chi connectivity index (χ0v) is 12.5. The van der Waals surface area contributed by atoms with Crippen LogP contribution in [-0.4, -0.2) is 25.0 Å². The van der Waals surface area contributed by atoms with Gasteiger partial charge in [-0.05, 0) is 24.3 Å². The normalized spacial score (nSPS) is 13.0. The van der Waals surface area contributed by atoms with Gasteiger partial charge < -0.3 is 15.0 Å². The van der Waals surface area contributed by atoms with Crippen molar-refractivity contribution in [1.82, 2.24) is 0 Å². The van der Waals surface area contributed by atoms with Crippen molar-refractivity contribution in [3.63, 3.8) is 0 Å². The molecule has 0 saturated heterocycles. The molecule has 3 rings (SSSR count). The molecule has 1 aliphatic rings. The predicted molar refractivity (Wildman–Crippen MR) is 88.9 cm³/mol. The molecule has 0 radical (unpaired) electrons. The highest BCUT2D eigenvalue weighted by Crippen LogP contribution is 2.34. The first-order valence-electron chi connectivity index (χ1n) is 7.23. The van der Waals surface area contributed by atoms with E-state index >= 15 is 0 Å². The first-order chi connectivity index (χ1) is 11.2. The predicted octanol–water partition coefficient (Wildman–Crippen LogP) is 2.85. The summed E-state index contributed by atoms with van der Waals surface area (Å²) in [4.78, 5) is 25.7. The van der Waals surface area contributed by atoms with E-state index in [2.05, 4.69) is 11.9 Å². The first kappa shape index (κ1) is 14.8. The molecule has 116 valence electrons. The quantitative estimate of drug-likeness (QED) is 0.884. The summed E-state index contributed by atoms with van der Waals surface area (Å²) in [5.41, 5.74) is 1.87. The van der Waals surface area contributed by atoms with E-state index in [0.29, 0.717) is 29.2 Å². The number of amides is 2. The number of nitrogens with zero attached hydrogens (tertiary/aromatic N) is 1. The second-order valence-electron chi connectivity index (χ2n) is 5.08. The summed E-state index contributed by atoms with van der Waals surface area (Å²) < 4.78 is 5.46. The van der Waals surface area contributed by atoms with Crippen LogP contribution in [0, 0.1) is 0 Å². The molecule has 0 spiro atoms. The van der Waals surface area contributed by atoms with Gasteiger partial charge in [-0.2, -0.15) is 0 Å². The number of fused-ring (bicyclic) bond motifs is 1. The van der Waals surface area contributed by atoms with E-state index in [1.54, 1.807) is 41.3 Å². The number of rotatable bonds is 4. The summed E-state index contributed by atoms with van der Waals surface area (Å²) in [6, 6.07) is 14.2. The molecule has 5 nitrogen and oxygen atoms in total. The van der Waals surface area contributed by atoms with Crippen LogP contribution in [-0.2, 0) is 4.79 Å². The molecule has 2 aromatic rings. The van der Waals surface area contributed by atoms with Crippen molar-refractivity contribution >= 4 is 23.2 Å². The Morgan fingerprint density at radius 3 is 2.78 bits per heavy atom. The molecule has 0 aromatic heterocycles. The molecular weight excluding hydrogens is 292 g/mol. The summed E-state index contributed by atoms with van der Waals surface area (Å²) in [5, 5.41) is 2.82. The largest absolute Gasteiger partial charge is 0.481 e. The van der Waals surface area contributed by atoms with Gasteiger partial charge in [0.1, 0.15) is 5.75 Å². The highest BCUT2D eigenvalue weighted by molar-refractivity contribution is 6.05. The van der Waals surface area contributed by atoms with Gasteiger partial charge >= 0.3 is 0 Å². The Morgan fingerprint density at radius 1 is 1.26 bits per heavy atom. The Kier molecular flexibility index (Phi) is 4.10. The van der Waals surface area contributed by atoms with Crippen LogP contribution in [0.4, 0.5) is 11.4 Å². The molecule has 0 saturated carbocycles. The van der Waals surface area contributed by atoms with Crippen LogP contribution in [0.1, 0.15) is 10.4 Å². The fourth-order valence-electron chi connectivity index (χ4n) is 2.40. The van der Waals surface area contributed by atoms with Crippen LogP contribution in [0.5, 0.6) is 5.75 Å². The SMILES string of the molecule is C=CCN1C(=O)COc2cc(NC(=O)c3ccccc3)ccc21. The topological polar surface area (TPSA) is 58.6 Å². The van der Waals surface area contributed by atoms with Crippen molar-refractivity contribution in [2.75, 3.05) is 23.4 Å². The van der Waals surface area contributed by atoms with Crippen LogP contribution in [0.15, 0.2) is 61.2 Å². The number of carbonyl (C=O) groups is 2. The Bertz CT molecular complexity index is 756. The molecule has 5 heteroatoms. The molecule has 1 aliphatic heterocycles. The molecule has 0 aliphatic carbocycles. The van der Waals surface area contributed by atoms with Crippen molar-refractivity contribution < 1.29 is 14.3 Å². The maximum Gasteiger partial charge on any atom is 0.265 e. The minimum atomic E-state index is -0.194. The van der Waals surface area contributed by atoms with Crippen LogP contribution >= 0.6 is 0 Å². The van der Waals surface area contributed by atoms with Crippen LogP contribution < -0.4 is 15.0 Å². The van der Waals surface area contributed by atoms with Crippen molar-refractivity contribution in [2.24, 2.45) is 0 Å². The van der Waals surface area contributed by atoms with Crippen molar-refractivity contribution in [3.05, 3.63) is 66.7 Å². The molecule has 1 heterocycles. The summed E-state index contributed by atoms with van der Waals surface area (Å²) >= 11 is 0. The third kappa shape index (κ3) is 3.08. The molecule has 1 N–H and O–H groups in total. The lowest BCUT2D eigenvalue weighted by molar-refractivity contribution is -0.121. The lowest BCUT2D eigenvalue weighted by Crippen LogP contribution is -2.38. The lowest BCUT2D eigenvalue weighted by Gasteiger charge is -2.28. The van der Waals surface area contributed by atoms with Crippen molar-refractivity contribution in [2.45, 2.75) is 0 Å². The third-order valence-electron chi connectivity index (χ3n) is 3.51. The molecule has 0 unspecified atom stereocenters. The van der Waals surface area contributed by atoms with E-state index in [1.165, 1.54) is 0 Å². The van der Waals surface area contributed by atoms with E-state index in [-0.39, 0.29) is 18.4 Å². The molecule has 0 atom stereocenters. The van der Waals surface area contributed by atoms with Gasteiger partial charge in [-0.25, -0.2) is 0 Å². The number of benzene rings is 2. The monoisotopic (exact) mass is 308 g/mol. The maximum absolute atomic E-state index is 12.2. The van der Waals surface area contributed by atoms with Gasteiger partial charge in [0.2, 0.25) is 0 Å². The minimum absolute atomic E-state index is 0.0169. The van der Waals surface area contributed by atoms with E-state index in [4.69, 9.17) is 4.74 Å². The minimum Gasteiger partial charge on any atom is -0.481 e. The fraction of sp³-hybridized carbons (Fsp3) is 0.111. The standard InChI is InChI=1S/C18H16N2O3/c1-2-10-20-15-9-8-14(11-16(15)23-12-17(20)21)19-18(22)13-6-4-3-5-7-13/h2-9,11H,1,10,12H2,(H,19,22). The van der Waals surface area contributed by atoms with Gasteiger partial charge in [0.15, 0.2) is 6.61 Å². The van der Waals surface area contributed by atoms with E-state index in [1.807, 2.05) is 18.2 Å². The highest BCUT2D eigenvalue weighted by atomic mass is 16.5. The lowest BCUT2D eigenvalue weighted by atomic mass is 10.2. The summed E-state index contributed by atoms with van der Waals surface area (Å²) in [6.07, 6.45) is 1.66. The highest BCUT2D eigenvalue weighted by Gasteiger charge is 2.24. The summed E-state index contributed by atoms with van der Waals surface area (Å²) in [6.45, 7) is 4.07. The van der Waals surface area contributed by atoms with Gasteiger partial charge in [0, 0.05) is 23.9 Å². The molecular formula is C18H16N2O3. The fourth-order valence-corrected chi connectivity index (χ4v) is 2.40. The molecule has 2 amide bonds. The Hall–Kier alpha value is -3.08. The van der Waals surface area contributed by atoms with E-state index in [9.17, 15) is 9.59 Å². The number of hydrogen-bond acceptors (Lipinski definition) is 3. The Labute approximate surface area is 134 Å². The number of ether oxygens (including phenoxy) is 1.